The Labute approximate surface area is 177 Å². The third-order valence-corrected chi connectivity index (χ3v) is 8.10. The van der Waals surface area contributed by atoms with E-state index in [0.29, 0.717) is 30.8 Å². The Morgan fingerprint density at radius 2 is 1.66 bits per heavy atom. The Hall–Kier alpha value is -1.96. The Morgan fingerprint density at radius 3 is 2.28 bits per heavy atom. The Bertz CT molecular complexity index is 1040. The van der Waals surface area contributed by atoms with Gasteiger partial charge in [-0.05, 0) is 24.8 Å². The van der Waals surface area contributed by atoms with Crippen molar-refractivity contribution in [3.05, 3.63) is 65.7 Å². The molecule has 0 bridgehead atoms. The van der Waals surface area contributed by atoms with Gasteiger partial charge < -0.3 is 0 Å². The van der Waals surface area contributed by atoms with Crippen LogP contribution in [0.25, 0.3) is 0 Å². The van der Waals surface area contributed by atoms with Gasteiger partial charge in [-0.25, -0.2) is 13.4 Å². The molecule has 0 unspecified atom stereocenters. The summed E-state index contributed by atoms with van der Waals surface area (Å²) >= 11 is 1.70. The standard InChI is InChI=1S/C22H25N3O2S2/c1-3-28-21-20(18-7-5-4-6-8-18)23-22(24-21)13-15-25(16-14-22)29(26,27)19-11-9-17(2)10-12-19/h4-12H,3,13-16H2,1-2H3. The molecule has 0 atom stereocenters. The lowest BCUT2D eigenvalue weighted by Crippen LogP contribution is -2.44. The van der Waals surface area contributed by atoms with E-state index in [1.807, 2.05) is 37.3 Å². The van der Waals surface area contributed by atoms with Crippen LogP contribution in [0.4, 0.5) is 0 Å². The topological polar surface area (TPSA) is 62.1 Å². The van der Waals surface area contributed by atoms with Gasteiger partial charge >= 0.3 is 0 Å². The largest absolute Gasteiger partial charge is 0.252 e. The fraction of sp³-hybridized carbons (Fsp3) is 0.364. The summed E-state index contributed by atoms with van der Waals surface area (Å²) in [4.78, 5) is 10.4. The van der Waals surface area contributed by atoms with Crippen LogP contribution in [0, 0.1) is 6.92 Å². The minimum Gasteiger partial charge on any atom is -0.252 e. The first kappa shape index (κ1) is 20.3. The lowest BCUT2D eigenvalue weighted by molar-refractivity contribution is 0.249. The molecule has 2 aliphatic rings. The number of benzene rings is 2. The molecule has 7 heteroatoms. The Morgan fingerprint density at radius 1 is 1.00 bits per heavy atom. The lowest BCUT2D eigenvalue weighted by atomic mass is 10.00. The number of aliphatic imine (C=N–C) groups is 2. The zero-order valence-corrected chi connectivity index (χ0v) is 18.3. The van der Waals surface area contributed by atoms with Gasteiger partial charge in [0.05, 0.1) is 10.6 Å². The predicted molar refractivity (Wildman–Crippen MR) is 120 cm³/mol. The molecule has 2 heterocycles. The van der Waals surface area contributed by atoms with E-state index in [4.69, 9.17) is 9.98 Å². The highest BCUT2D eigenvalue weighted by Crippen LogP contribution is 2.37. The van der Waals surface area contributed by atoms with E-state index in [1.54, 1.807) is 28.2 Å². The van der Waals surface area contributed by atoms with Crippen molar-refractivity contribution in [3.63, 3.8) is 0 Å². The summed E-state index contributed by atoms with van der Waals surface area (Å²) in [6, 6.07) is 17.2. The zero-order valence-electron chi connectivity index (χ0n) is 16.7. The van der Waals surface area contributed by atoms with Crippen molar-refractivity contribution in [2.75, 3.05) is 18.8 Å². The zero-order chi connectivity index (χ0) is 20.5. The quantitative estimate of drug-likeness (QED) is 0.737. The smallest absolute Gasteiger partial charge is 0.243 e. The number of sulfonamides is 1. The molecule has 0 N–H and O–H groups in total. The van der Waals surface area contributed by atoms with Crippen molar-refractivity contribution in [3.8, 4) is 0 Å². The number of piperidine rings is 1. The SMILES string of the molecule is CCSC1=NC2(CCN(S(=O)(=O)c3ccc(C)cc3)CC2)N=C1c1ccccc1. The second-order valence-corrected chi connectivity index (χ2v) is 10.6. The summed E-state index contributed by atoms with van der Waals surface area (Å²) < 4.78 is 27.6. The molecule has 1 saturated heterocycles. The fourth-order valence-electron chi connectivity index (χ4n) is 3.71. The van der Waals surface area contributed by atoms with Gasteiger partial charge in [0.25, 0.3) is 0 Å². The molecule has 0 aromatic heterocycles. The van der Waals surface area contributed by atoms with Gasteiger partial charge in [0.2, 0.25) is 10.0 Å². The molecule has 152 valence electrons. The highest BCUT2D eigenvalue weighted by molar-refractivity contribution is 8.15. The summed E-state index contributed by atoms with van der Waals surface area (Å²) in [6.45, 7) is 4.91. The highest BCUT2D eigenvalue weighted by atomic mass is 32.2. The molecular weight excluding hydrogens is 402 g/mol. The molecule has 1 spiro atoms. The molecule has 4 rings (SSSR count). The van der Waals surface area contributed by atoms with Crippen LogP contribution in [-0.2, 0) is 10.0 Å². The van der Waals surface area contributed by atoms with E-state index in [2.05, 4.69) is 19.1 Å². The number of aryl methyl sites for hydroxylation is 1. The van der Waals surface area contributed by atoms with Crippen LogP contribution in [-0.4, -0.2) is 48.0 Å². The van der Waals surface area contributed by atoms with Gasteiger partial charge in [-0.15, -0.1) is 11.8 Å². The number of nitrogens with zero attached hydrogens (tertiary/aromatic N) is 3. The monoisotopic (exact) mass is 427 g/mol. The number of rotatable bonds is 4. The lowest BCUT2D eigenvalue weighted by Gasteiger charge is -2.34. The third kappa shape index (κ3) is 4.04. The molecule has 1 fully saturated rings. The van der Waals surface area contributed by atoms with Crippen LogP contribution in [0.5, 0.6) is 0 Å². The summed E-state index contributed by atoms with van der Waals surface area (Å²) in [5.74, 6) is 0.925. The predicted octanol–water partition coefficient (Wildman–Crippen LogP) is 4.13. The van der Waals surface area contributed by atoms with Gasteiger partial charge in [0.1, 0.15) is 5.04 Å². The molecule has 0 aliphatic carbocycles. The maximum atomic E-state index is 13.0. The molecule has 29 heavy (non-hydrogen) atoms. The maximum absolute atomic E-state index is 13.0. The molecule has 2 aliphatic heterocycles. The number of hydrogen-bond donors (Lipinski definition) is 0. The van der Waals surface area contributed by atoms with Crippen molar-refractivity contribution in [1.82, 2.24) is 4.31 Å². The van der Waals surface area contributed by atoms with E-state index in [0.717, 1.165) is 27.6 Å². The average Bonchev–Trinajstić information content (AvgIpc) is 3.07. The van der Waals surface area contributed by atoms with E-state index in [-0.39, 0.29) is 0 Å². The molecule has 2 aromatic carbocycles. The van der Waals surface area contributed by atoms with E-state index in [9.17, 15) is 8.42 Å². The third-order valence-electron chi connectivity index (χ3n) is 5.34. The van der Waals surface area contributed by atoms with Crippen molar-refractivity contribution < 1.29 is 8.42 Å². The second-order valence-electron chi connectivity index (χ2n) is 7.38. The molecule has 2 aromatic rings. The minimum atomic E-state index is -3.48. The Kier molecular flexibility index (Phi) is 5.64. The van der Waals surface area contributed by atoms with Crippen LogP contribution >= 0.6 is 11.8 Å². The van der Waals surface area contributed by atoms with Crippen molar-refractivity contribution in [2.45, 2.75) is 37.2 Å². The minimum absolute atomic E-state index is 0.352. The Balaban J connectivity index is 1.56. The van der Waals surface area contributed by atoms with Gasteiger partial charge in [-0.3, -0.25) is 4.99 Å². The van der Waals surface area contributed by atoms with Crippen LogP contribution in [0.2, 0.25) is 0 Å². The fourth-order valence-corrected chi connectivity index (χ4v) is 5.96. The number of hydrogen-bond acceptors (Lipinski definition) is 5. The van der Waals surface area contributed by atoms with Crippen LogP contribution in [0.1, 0.15) is 30.9 Å². The van der Waals surface area contributed by atoms with E-state index >= 15 is 0 Å². The van der Waals surface area contributed by atoms with Gasteiger partial charge in [0, 0.05) is 31.5 Å². The first-order valence-corrected chi connectivity index (χ1v) is 12.3. The molecule has 0 saturated carbocycles. The number of thioether (sulfide) groups is 1. The first-order valence-electron chi connectivity index (χ1n) is 9.89. The molecule has 0 radical (unpaired) electrons. The summed E-state index contributed by atoms with van der Waals surface area (Å²) in [5.41, 5.74) is 2.51. The second kappa shape index (κ2) is 8.05. The average molecular weight is 428 g/mol. The van der Waals surface area contributed by atoms with Crippen molar-refractivity contribution in [1.29, 1.82) is 0 Å². The van der Waals surface area contributed by atoms with Gasteiger partial charge in [-0.1, -0.05) is 55.0 Å². The van der Waals surface area contributed by atoms with Gasteiger partial charge in [-0.2, -0.15) is 4.31 Å². The molecular formula is C22H25N3O2S2. The van der Waals surface area contributed by atoms with Crippen LogP contribution in [0.15, 0.2) is 69.5 Å². The van der Waals surface area contributed by atoms with E-state index in [1.165, 1.54) is 0 Å². The highest BCUT2D eigenvalue weighted by Gasteiger charge is 2.42. The van der Waals surface area contributed by atoms with Crippen LogP contribution < -0.4 is 0 Å². The van der Waals surface area contributed by atoms with E-state index < -0.39 is 15.7 Å². The molecule has 0 amide bonds. The maximum Gasteiger partial charge on any atom is 0.243 e. The van der Waals surface area contributed by atoms with Crippen LogP contribution in [0.3, 0.4) is 0 Å². The summed E-state index contributed by atoms with van der Waals surface area (Å²) in [6.07, 6.45) is 1.20. The first-order chi connectivity index (χ1) is 13.9. The normalized spacial score (nSPS) is 19.2. The molecule has 5 nitrogen and oxygen atoms in total. The summed E-state index contributed by atoms with van der Waals surface area (Å²) in [7, 11) is -3.48. The van der Waals surface area contributed by atoms with Crippen molar-refractivity contribution in [2.24, 2.45) is 9.98 Å². The summed E-state index contributed by atoms with van der Waals surface area (Å²) in [5, 5.41) is 0.966. The van der Waals surface area contributed by atoms with Gasteiger partial charge in [0.15, 0.2) is 5.66 Å². The van der Waals surface area contributed by atoms with Crippen molar-refractivity contribution >= 4 is 32.5 Å².